The van der Waals surface area contributed by atoms with Crippen LogP contribution in [0.3, 0.4) is 0 Å². The van der Waals surface area contributed by atoms with E-state index in [4.69, 9.17) is 0 Å². The zero-order valence-corrected chi connectivity index (χ0v) is 12.1. The summed E-state index contributed by atoms with van der Waals surface area (Å²) in [6, 6.07) is 0.0794. The highest BCUT2D eigenvalue weighted by Crippen LogP contribution is 2.16. The van der Waals surface area contributed by atoms with Gasteiger partial charge in [0.15, 0.2) is 0 Å². The lowest BCUT2D eigenvalue weighted by molar-refractivity contribution is 0.495. The Bertz CT molecular complexity index is 455. The lowest BCUT2D eigenvalue weighted by Crippen LogP contribution is -2.22. The number of sulfone groups is 1. The number of nitrogens with one attached hydrogen (secondary N) is 1. The summed E-state index contributed by atoms with van der Waals surface area (Å²) in [5, 5.41) is 11.3. The molecule has 1 N–H and O–H groups in total. The topological polar surface area (TPSA) is 76.9 Å². The van der Waals surface area contributed by atoms with Crippen molar-refractivity contribution in [3.8, 4) is 0 Å². The summed E-state index contributed by atoms with van der Waals surface area (Å²) in [5.41, 5.74) is 0.869. The van der Waals surface area contributed by atoms with Gasteiger partial charge in [-0.05, 0) is 19.4 Å². The van der Waals surface area contributed by atoms with Crippen molar-refractivity contribution < 1.29 is 8.42 Å². The fourth-order valence-corrected chi connectivity index (χ4v) is 2.67. The van der Waals surface area contributed by atoms with E-state index in [0.29, 0.717) is 6.42 Å². The average molecular weight is 274 g/mol. The summed E-state index contributed by atoms with van der Waals surface area (Å²) in [7, 11) is -1.06. The van der Waals surface area contributed by atoms with Crippen LogP contribution in [0.1, 0.15) is 38.4 Å². The number of rotatable bonds is 8. The Labute approximate surface area is 109 Å². The van der Waals surface area contributed by atoms with E-state index in [9.17, 15) is 8.42 Å². The third-order valence-electron chi connectivity index (χ3n) is 2.82. The van der Waals surface area contributed by atoms with Gasteiger partial charge in [0.25, 0.3) is 0 Å². The zero-order chi connectivity index (χ0) is 13.6. The monoisotopic (exact) mass is 274 g/mol. The van der Waals surface area contributed by atoms with Crippen molar-refractivity contribution in [3.63, 3.8) is 0 Å². The lowest BCUT2D eigenvalue weighted by Gasteiger charge is -2.14. The molecule has 0 fully saturated rings. The first-order chi connectivity index (χ1) is 8.48. The van der Waals surface area contributed by atoms with Crippen LogP contribution in [0.5, 0.6) is 0 Å². The van der Waals surface area contributed by atoms with Gasteiger partial charge in [0, 0.05) is 19.0 Å². The Morgan fingerprint density at radius 1 is 1.44 bits per heavy atom. The van der Waals surface area contributed by atoms with E-state index in [0.717, 1.165) is 18.7 Å². The van der Waals surface area contributed by atoms with Gasteiger partial charge in [-0.2, -0.15) is 0 Å². The van der Waals surface area contributed by atoms with Crippen molar-refractivity contribution in [2.24, 2.45) is 7.05 Å². The minimum Gasteiger partial charge on any atom is -0.309 e. The van der Waals surface area contributed by atoms with Gasteiger partial charge in [-0.15, -0.1) is 5.10 Å². The molecule has 1 heterocycles. The van der Waals surface area contributed by atoms with Crippen molar-refractivity contribution >= 4 is 9.84 Å². The van der Waals surface area contributed by atoms with Gasteiger partial charge in [0.1, 0.15) is 9.84 Å². The third kappa shape index (κ3) is 4.73. The molecule has 0 aromatic carbocycles. The summed E-state index contributed by atoms with van der Waals surface area (Å²) in [4.78, 5) is 0. The fourth-order valence-electron chi connectivity index (χ4n) is 1.78. The van der Waals surface area contributed by atoms with E-state index < -0.39 is 9.84 Å². The van der Waals surface area contributed by atoms with Crippen molar-refractivity contribution in [2.45, 2.75) is 32.7 Å². The second-order valence-electron chi connectivity index (χ2n) is 4.31. The SMILES string of the molecule is CCNC(CCCS(=O)(=O)CC)c1cn(C)nn1. The molecule has 1 aromatic heterocycles. The Morgan fingerprint density at radius 2 is 2.17 bits per heavy atom. The highest BCUT2D eigenvalue weighted by molar-refractivity contribution is 7.91. The fraction of sp³-hybridized carbons (Fsp3) is 0.818. The molecule has 0 amide bonds. The van der Waals surface area contributed by atoms with Crippen LogP contribution >= 0.6 is 0 Å². The number of aryl methyl sites for hydroxylation is 1. The Hall–Kier alpha value is -0.950. The van der Waals surface area contributed by atoms with Crippen molar-refractivity contribution in [1.29, 1.82) is 0 Å². The van der Waals surface area contributed by atoms with Gasteiger partial charge in [-0.1, -0.05) is 19.1 Å². The van der Waals surface area contributed by atoms with Gasteiger partial charge in [-0.3, -0.25) is 4.68 Å². The molecular formula is C11H22N4O2S. The summed E-state index contributed by atoms with van der Waals surface area (Å²) in [6.07, 6.45) is 3.26. The quantitative estimate of drug-likeness (QED) is 0.754. The van der Waals surface area contributed by atoms with Crippen LogP contribution in [0.25, 0.3) is 0 Å². The van der Waals surface area contributed by atoms with E-state index in [1.165, 1.54) is 0 Å². The predicted molar refractivity (Wildman–Crippen MR) is 71.0 cm³/mol. The molecule has 0 bridgehead atoms. The first-order valence-electron chi connectivity index (χ1n) is 6.28. The first kappa shape index (κ1) is 15.1. The molecular weight excluding hydrogens is 252 g/mol. The van der Waals surface area contributed by atoms with E-state index in [1.807, 2.05) is 20.2 Å². The van der Waals surface area contributed by atoms with E-state index in [1.54, 1.807) is 11.6 Å². The second kappa shape index (κ2) is 6.84. The Balaban J connectivity index is 2.54. The Kier molecular flexibility index (Phi) is 5.74. The lowest BCUT2D eigenvalue weighted by atomic mass is 10.1. The minimum atomic E-state index is -2.88. The highest BCUT2D eigenvalue weighted by atomic mass is 32.2. The largest absolute Gasteiger partial charge is 0.309 e. The smallest absolute Gasteiger partial charge is 0.150 e. The summed E-state index contributed by atoms with van der Waals surface area (Å²) in [6.45, 7) is 4.52. The molecule has 0 aliphatic heterocycles. The second-order valence-corrected chi connectivity index (χ2v) is 6.78. The third-order valence-corrected chi connectivity index (χ3v) is 4.61. The number of nitrogens with zero attached hydrogens (tertiary/aromatic N) is 3. The Morgan fingerprint density at radius 3 is 2.67 bits per heavy atom. The normalized spacial score (nSPS) is 13.7. The maximum Gasteiger partial charge on any atom is 0.150 e. The van der Waals surface area contributed by atoms with Crippen molar-refractivity contribution in [3.05, 3.63) is 11.9 Å². The van der Waals surface area contributed by atoms with Gasteiger partial charge < -0.3 is 5.32 Å². The van der Waals surface area contributed by atoms with Crippen LogP contribution in [0.2, 0.25) is 0 Å². The van der Waals surface area contributed by atoms with Gasteiger partial charge in [0.05, 0.1) is 17.5 Å². The number of hydrogen-bond donors (Lipinski definition) is 1. The van der Waals surface area contributed by atoms with Gasteiger partial charge in [-0.25, -0.2) is 8.42 Å². The van der Waals surface area contributed by atoms with Crippen molar-refractivity contribution in [2.75, 3.05) is 18.1 Å². The molecule has 0 spiro atoms. The molecule has 0 radical (unpaired) electrons. The molecule has 1 aromatic rings. The minimum absolute atomic E-state index is 0.0794. The maximum atomic E-state index is 11.4. The van der Waals surface area contributed by atoms with Crippen LogP contribution in [-0.2, 0) is 16.9 Å². The van der Waals surface area contributed by atoms with Crippen LogP contribution in [0, 0.1) is 0 Å². The highest BCUT2D eigenvalue weighted by Gasteiger charge is 2.15. The first-order valence-corrected chi connectivity index (χ1v) is 8.10. The zero-order valence-electron chi connectivity index (χ0n) is 11.3. The number of hydrogen-bond acceptors (Lipinski definition) is 5. The van der Waals surface area contributed by atoms with Gasteiger partial charge in [0.2, 0.25) is 0 Å². The van der Waals surface area contributed by atoms with Crippen LogP contribution in [-0.4, -0.2) is 41.5 Å². The van der Waals surface area contributed by atoms with Crippen molar-refractivity contribution in [1.82, 2.24) is 20.3 Å². The summed E-state index contributed by atoms with van der Waals surface area (Å²) >= 11 is 0. The maximum absolute atomic E-state index is 11.4. The predicted octanol–water partition coefficient (Wildman–Crippen LogP) is 0.681. The molecule has 1 atom stereocenters. The molecule has 104 valence electrons. The molecule has 0 saturated heterocycles. The molecule has 1 rings (SSSR count). The van der Waals surface area contributed by atoms with E-state index >= 15 is 0 Å². The van der Waals surface area contributed by atoms with Crippen LogP contribution in [0.4, 0.5) is 0 Å². The van der Waals surface area contributed by atoms with Crippen LogP contribution < -0.4 is 5.32 Å². The van der Waals surface area contributed by atoms with Gasteiger partial charge >= 0.3 is 0 Å². The molecule has 0 aliphatic rings. The average Bonchev–Trinajstić information content (AvgIpc) is 2.74. The molecule has 7 heteroatoms. The number of aromatic nitrogens is 3. The summed E-state index contributed by atoms with van der Waals surface area (Å²) < 4.78 is 24.5. The molecule has 0 aliphatic carbocycles. The summed E-state index contributed by atoms with van der Waals surface area (Å²) in [5.74, 6) is 0.454. The molecule has 1 unspecified atom stereocenters. The standard InChI is InChI=1S/C11H22N4O2S/c1-4-12-10(11-9-15(3)14-13-11)7-6-8-18(16,17)5-2/h9-10,12H,4-8H2,1-3H3. The van der Waals surface area contributed by atoms with E-state index in [-0.39, 0.29) is 17.5 Å². The molecule has 6 nitrogen and oxygen atoms in total. The van der Waals surface area contributed by atoms with Crippen LogP contribution in [0.15, 0.2) is 6.20 Å². The van der Waals surface area contributed by atoms with E-state index in [2.05, 4.69) is 15.6 Å². The molecule has 18 heavy (non-hydrogen) atoms. The molecule has 0 saturated carbocycles.